The third-order valence-corrected chi connectivity index (χ3v) is 6.98. The molecule has 5 nitrogen and oxygen atoms in total. The van der Waals surface area contributed by atoms with Crippen molar-refractivity contribution in [2.24, 2.45) is 0 Å². The number of hydrogen-bond acceptors (Lipinski definition) is 4. The van der Waals surface area contributed by atoms with E-state index in [4.69, 9.17) is 0 Å². The molecule has 2 amide bonds. The average molecular weight is 460 g/mol. The predicted octanol–water partition coefficient (Wildman–Crippen LogP) is 4.45. The largest absolute Gasteiger partial charge is 0.332 e. The second kappa shape index (κ2) is 12.1. The Morgan fingerprint density at radius 3 is 2.38 bits per heavy atom. The predicted molar refractivity (Wildman–Crippen MR) is 127 cm³/mol. The van der Waals surface area contributed by atoms with Gasteiger partial charge in [-0.25, -0.2) is 4.39 Å². The first-order chi connectivity index (χ1) is 15.5. The summed E-state index contributed by atoms with van der Waals surface area (Å²) in [6, 6.07) is 8.31. The molecule has 1 aliphatic heterocycles. The molecular weight excluding hydrogens is 425 g/mol. The Labute approximate surface area is 194 Å². The lowest BCUT2D eigenvalue weighted by Gasteiger charge is -2.29. The zero-order valence-electron chi connectivity index (χ0n) is 19.2. The number of amides is 2. The van der Waals surface area contributed by atoms with Crippen molar-refractivity contribution in [3.63, 3.8) is 0 Å². The summed E-state index contributed by atoms with van der Waals surface area (Å²) in [5.41, 5.74) is 2.03. The Kier molecular flexibility index (Phi) is 9.23. The minimum absolute atomic E-state index is 0.0362. The van der Waals surface area contributed by atoms with E-state index >= 15 is 0 Å². The van der Waals surface area contributed by atoms with Gasteiger partial charge < -0.3 is 14.7 Å². The van der Waals surface area contributed by atoms with Crippen molar-refractivity contribution in [2.45, 2.75) is 52.6 Å². The van der Waals surface area contributed by atoms with E-state index in [1.165, 1.54) is 25.0 Å². The smallest absolute Gasteiger partial charge is 0.242 e. The number of likely N-dealkylation sites (tertiary alicyclic amines) is 1. The van der Waals surface area contributed by atoms with E-state index in [2.05, 4.69) is 4.90 Å². The Hall–Kier alpha value is -2.25. The number of carbonyl (C=O) groups is 2. The van der Waals surface area contributed by atoms with Crippen LogP contribution in [0.1, 0.15) is 48.6 Å². The van der Waals surface area contributed by atoms with Crippen LogP contribution in [0.5, 0.6) is 0 Å². The van der Waals surface area contributed by atoms with Gasteiger partial charge in [0, 0.05) is 30.9 Å². The monoisotopic (exact) mass is 459 g/mol. The van der Waals surface area contributed by atoms with Gasteiger partial charge in [-0.3, -0.25) is 9.59 Å². The number of carbonyl (C=O) groups excluding carboxylic acids is 2. The topological polar surface area (TPSA) is 43.9 Å². The second-order valence-electron chi connectivity index (χ2n) is 8.52. The molecule has 32 heavy (non-hydrogen) atoms. The number of halogens is 1. The molecule has 0 saturated carbocycles. The molecule has 2 aromatic rings. The molecule has 0 radical (unpaired) electrons. The molecule has 0 atom stereocenters. The summed E-state index contributed by atoms with van der Waals surface area (Å²) in [7, 11) is 0. The van der Waals surface area contributed by atoms with Gasteiger partial charge >= 0.3 is 0 Å². The highest BCUT2D eigenvalue weighted by atomic mass is 32.1. The number of hydrogen-bond donors (Lipinski definition) is 0. The van der Waals surface area contributed by atoms with E-state index in [1.807, 2.05) is 25.3 Å². The molecular formula is C25H34FN3O2S. The van der Waals surface area contributed by atoms with Crippen molar-refractivity contribution in [1.29, 1.82) is 0 Å². The van der Waals surface area contributed by atoms with Crippen LogP contribution >= 0.6 is 11.3 Å². The Bertz CT molecular complexity index is 878. The van der Waals surface area contributed by atoms with Crippen LogP contribution in [-0.4, -0.2) is 59.2 Å². The highest BCUT2D eigenvalue weighted by molar-refractivity contribution is 7.10. The van der Waals surface area contributed by atoms with E-state index in [1.54, 1.807) is 33.3 Å². The van der Waals surface area contributed by atoms with Crippen molar-refractivity contribution in [3.05, 3.63) is 57.5 Å². The molecule has 174 valence electrons. The Morgan fingerprint density at radius 2 is 1.75 bits per heavy atom. The minimum atomic E-state index is -0.293. The molecule has 0 spiro atoms. The van der Waals surface area contributed by atoms with Crippen molar-refractivity contribution >= 4 is 23.2 Å². The van der Waals surface area contributed by atoms with Crippen LogP contribution in [0.2, 0.25) is 0 Å². The quantitative estimate of drug-likeness (QED) is 0.499. The summed E-state index contributed by atoms with van der Waals surface area (Å²) in [5.74, 6) is -0.332. The molecule has 1 aromatic heterocycles. The van der Waals surface area contributed by atoms with Gasteiger partial charge in [0.25, 0.3) is 0 Å². The lowest BCUT2D eigenvalue weighted by Crippen LogP contribution is -2.45. The van der Waals surface area contributed by atoms with E-state index < -0.39 is 0 Å². The fourth-order valence-electron chi connectivity index (χ4n) is 3.98. The summed E-state index contributed by atoms with van der Waals surface area (Å²) < 4.78 is 13.4. The lowest BCUT2D eigenvalue weighted by molar-refractivity contribution is -0.141. The van der Waals surface area contributed by atoms with Gasteiger partial charge in [-0.1, -0.05) is 19.1 Å². The summed E-state index contributed by atoms with van der Waals surface area (Å²) in [5, 5.41) is 2.03. The van der Waals surface area contributed by atoms with Crippen LogP contribution < -0.4 is 0 Å². The summed E-state index contributed by atoms with van der Waals surface area (Å²) in [4.78, 5) is 33.2. The number of aryl methyl sites for hydroxylation is 1. The van der Waals surface area contributed by atoms with Gasteiger partial charge in [0.05, 0.1) is 13.1 Å². The lowest BCUT2D eigenvalue weighted by atomic mass is 10.2. The second-order valence-corrected chi connectivity index (χ2v) is 9.52. The third-order valence-electron chi connectivity index (χ3n) is 5.97. The fraction of sp³-hybridized carbons (Fsp3) is 0.520. The summed E-state index contributed by atoms with van der Waals surface area (Å²) in [6.07, 6.45) is 3.62. The SMILES string of the molecule is CCCC(=O)N(CCN1CCCC1)CC(=O)N(Cc1ccc(F)cc1)Cc1sccc1C. The number of rotatable bonds is 11. The van der Waals surface area contributed by atoms with E-state index in [-0.39, 0.29) is 24.2 Å². The molecule has 2 heterocycles. The molecule has 1 saturated heterocycles. The standard InChI is InChI=1S/C25H34FN3O2S/c1-3-6-24(30)28(15-14-27-12-4-5-13-27)19-25(31)29(18-23-20(2)11-16-32-23)17-21-7-9-22(26)10-8-21/h7-11,16H,3-6,12-15,17-19H2,1-2H3. The molecule has 0 aliphatic carbocycles. The molecule has 0 bridgehead atoms. The van der Waals surface area contributed by atoms with Crippen LogP contribution in [-0.2, 0) is 22.7 Å². The fourth-order valence-corrected chi connectivity index (χ4v) is 4.90. The van der Waals surface area contributed by atoms with Crippen LogP contribution in [0.25, 0.3) is 0 Å². The van der Waals surface area contributed by atoms with Gasteiger partial charge in [-0.15, -0.1) is 11.3 Å². The minimum Gasteiger partial charge on any atom is -0.332 e. The van der Waals surface area contributed by atoms with E-state index in [0.29, 0.717) is 26.1 Å². The first-order valence-electron chi connectivity index (χ1n) is 11.5. The molecule has 1 fully saturated rings. The van der Waals surface area contributed by atoms with Crippen molar-refractivity contribution < 1.29 is 14.0 Å². The van der Waals surface area contributed by atoms with Crippen molar-refractivity contribution in [2.75, 3.05) is 32.7 Å². The van der Waals surface area contributed by atoms with Gasteiger partial charge in [0.1, 0.15) is 5.82 Å². The summed E-state index contributed by atoms with van der Waals surface area (Å²) >= 11 is 1.63. The van der Waals surface area contributed by atoms with Crippen LogP contribution in [0, 0.1) is 12.7 Å². The van der Waals surface area contributed by atoms with Crippen LogP contribution in [0.4, 0.5) is 4.39 Å². The number of benzene rings is 1. The molecule has 0 N–H and O–H groups in total. The normalized spacial score (nSPS) is 14.0. The van der Waals surface area contributed by atoms with Gasteiger partial charge in [0.2, 0.25) is 11.8 Å². The Morgan fingerprint density at radius 1 is 1.03 bits per heavy atom. The molecule has 3 rings (SSSR count). The van der Waals surface area contributed by atoms with Gasteiger partial charge in [-0.05, 0) is 74.0 Å². The average Bonchev–Trinajstić information content (AvgIpc) is 3.44. The maximum absolute atomic E-state index is 13.4. The van der Waals surface area contributed by atoms with Crippen molar-refractivity contribution in [1.82, 2.24) is 14.7 Å². The summed E-state index contributed by atoms with van der Waals surface area (Å²) in [6.45, 7) is 8.50. The number of thiophene rings is 1. The maximum atomic E-state index is 13.4. The first-order valence-corrected chi connectivity index (χ1v) is 12.4. The molecule has 7 heteroatoms. The van der Waals surface area contributed by atoms with Gasteiger partial charge in [0.15, 0.2) is 0 Å². The zero-order chi connectivity index (χ0) is 22.9. The first kappa shape index (κ1) is 24.4. The third kappa shape index (κ3) is 7.14. The van der Waals surface area contributed by atoms with Crippen LogP contribution in [0.15, 0.2) is 35.7 Å². The zero-order valence-corrected chi connectivity index (χ0v) is 20.0. The Balaban J connectivity index is 1.72. The molecule has 1 aromatic carbocycles. The highest BCUT2D eigenvalue weighted by Crippen LogP contribution is 2.20. The van der Waals surface area contributed by atoms with Gasteiger partial charge in [-0.2, -0.15) is 0 Å². The highest BCUT2D eigenvalue weighted by Gasteiger charge is 2.23. The maximum Gasteiger partial charge on any atom is 0.242 e. The molecule has 1 aliphatic rings. The van der Waals surface area contributed by atoms with E-state index in [0.717, 1.165) is 42.1 Å². The number of nitrogens with zero attached hydrogens (tertiary/aromatic N) is 3. The molecule has 0 unspecified atom stereocenters. The van der Waals surface area contributed by atoms with E-state index in [9.17, 15) is 14.0 Å². The van der Waals surface area contributed by atoms with Crippen molar-refractivity contribution in [3.8, 4) is 0 Å². The van der Waals surface area contributed by atoms with Crippen LogP contribution in [0.3, 0.4) is 0 Å².